The lowest BCUT2D eigenvalue weighted by atomic mass is 9.84. The maximum Gasteiger partial charge on any atom is 0.0488 e. The number of nitrogens with one attached hydrogen (secondary N) is 1. The normalized spacial score (nSPS) is 19.7. The lowest BCUT2D eigenvalue weighted by Crippen LogP contribution is -2.39. The Bertz CT molecular complexity index is 440. The topological polar surface area (TPSA) is 29.1 Å². The minimum absolute atomic E-state index is 0.417. The van der Waals surface area contributed by atoms with Gasteiger partial charge in [0.2, 0.25) is 0 Å². The fraction of sp³-hybridized carbons (Fsp3) is 0.647. The predicted molar refractivity (Wildman–Crippen MR) is 87.3 cm³/mol. The molecule has 1 aromatic carbocycles. The van der Waals surface area contributed by atoms with Gasteiger partial charge in [-0.25, -0.2) is 0 Å². The first-order valence-corrected chi connectivity index (χ1v) is 9.26. The van der Waals surface area contributed by atoms with Crippen LogP contribution in [0.4, 0.5) is 0 Å². The molecule has 0 heterocycles. The van der Waals surface area contributed by atoms with Crippen molar-refractivity contribution in [2.45, 2.75) is 50.8 Å². The average Bonchev–Trinajstić information content (AvgIpc) is 2.48. The van der Waals surface area contributed by atoms with Crippen LogP contribution in [0.5, 0.6) is 0 Å². The summed E-state index contributed by atoms with van der Waals surface area (Å²) in [6, 6.07) is 8.70. The Labute approximate surface area is 125 Å². The van der Waals surface area contributed by atoms with E-state index in [1.54, 1.807) is 0 Å². The van der Waals surface area contributed by atoms with E-state index in [-0.39, 0.29) is 0 Å². The molecule has 0 amide bonds. The van der Waals surface area contributed by atoms with Crippen LogP contribution in [0.3, 0.4) is 0 Å². The summed E-state index contributed by atoms with van der Waals surface area (Å²) in [4.78, 5) is 0. The van der Waals surface area contributed by atoms with Gasteiger partial charge < -0.3 is 5.32 Å². The van der Waals surface area contributed by atoms with Crippen molar-refractivity contribution in [3.63, 3.8) is 0 Å². The van der Waals surface area contributed by atoms with Crippen molar-refractivity contribution in [3.05, 3.63) is 35.4 Å². The Balaban J connectivity index is 1.90. The van der Waals surface area contributed by atoms with Gasteiger partial charge in [0.1, 0.15) is 0 Å². The molecule has 1 fully saturated rings. The Hall–Kier alpha value is -0.670. The molecule has 20 heavy (non-hydrogen) atoms. The van der Waals surface area contributed by atoms with E-state index in [9.17, 15) is 4.21 Å². The van der Waals surface area contributed by atoms with Crippen molar-refractivity contribution in [2.75, 3.05) is 12.8 Å². The van der Waals surface area contributed by atoms with Crippen molar-refractivity contribution in [1.29, 1.82) is 0 Å². The zero-order chi connectivity index (χ0) is 14.4. The fourth-order valence-corrected chi connectivity index (χ4v) is 4.82. The molecule has 0 spiro atoms. The highest BCUT2D eigenvalue weighted by Gasteiger charge is 2.24. The summed E-state index contributed by atoms with van der Waals surface area (Å²) in [5, 5.41) is 3.41. The third kappa shape index (κ3) is 4.42. The summed E-state index contributed by atoms with van der Waals surface area (Å²) < 4.78 is 12.4. The summed E-state index contributed by atoms with van der Waals surface area (Å²) in [6.45, 7) is 2.10. The molecule has 0 radical (unpaired) electrons. The summed E-state index contributed by atoms with van der Waals surface area (Å²) in [5.74, 6) is 2.20. The molecule has 1 aliphatic rings. The Morgan fingerprint density at radius 1 is 1.25 bits per heavy atom. The van der Waals surface area contributed by atoms with Crippen LogP contribution in [-0.4, -0.2) is 23.1 Å². The first-order valence-electron chi connectivity index (χ1n) is 7.77. The minimum Gasteiger partial charge on any atom is -0.316 e. The summed E-state index contributed by atoms with van der Waals surface area (Å²) >= 11 is 0. The lowest BCUT2D eigenvalue weighted by molar-refractivity contribution is 0.294. The van der Waals surface area contributed by atoms with E-state index in [1.807, 2.05) is 19.2 Å². The van der Waals surface area contributed by atoms with E-state index in [0.29, 0.717) is 11.8 Å². The van der Waals surface area contributed by atoms with E-state index in [1.165, 1.54) is 43.2 Å². The number of hydrogen-bond acceptors (Lipinski definition) is 2. The quantitative estimate of drug-likeness (QED) is 0.871. The van der Waals surface area contributed by atoms with Gasteiger partial charge in [-0.15, -0.1) is 0 Å². The van der Waals surface area contributed by atoms with Crippen LogP contribution >= 0.6 is 0 Å². The molecule has 112 valence electrons. The van der Waals surface area contributed by atoms with E-state index in [2.05, 4.69) is 24.4 Å². The van der Waals surface area contributed by atoms with Crippen LogP contribution < -0.4 is 5.32 Å². The smallest absolute Gasteiger partial charge is 0.0488 e. The zero-order valence-corrected chi connectivity index (χ0v) is 13.5. The fourth-order valence-electron chi connectivity index (χ4n) is 3.20. The van der Waals surface area contributed by atoms with Crippen molar-refractivity contribution in [3.8, 4) is 0 Å². The van der Waals surface area contributed by atoms with Gasteiger partial charge in [-0.1, -0.05) is 43.5 Å². The Kier molecular flexibility index (Phi) is 6.24. The molecule has 2 rings (SSSR count). The number of rotatable bonds is 6. The maximum atomic E-state index is 12.4. The largest absolute Gasteiger partial charge is 0.316 e. The molecule has 2 atom stereocenters. The van der Waals surface area contributed by atoms with E-state index < -0.39 is 10.8 Å². The maximum absolute atomic E-state index is 12.4. The van der Waals surface area contributed by atoms with Gasteiger partial charge in [0.15, 0.2) is 0 Å². The molecule has 2 nitrogen and oxygen atoms in total. The molecule has 1 aliphatic carbocycles. The van der Waals surface area contributed by atoms with Gasteiger partial charge in [-0.3, -0.25) is 4.21 Å². The average molecular weight is 293 g/mol. The molecular formula is C17H27NOS. The van der Waals surface area contributed by atoms with Crippen LogP contribution in [0, 0.1) is 12.8 Å². The third-order valence-corrected chi connectivity index (χ3v) is 5.90. The second kappa shape index (κ2) is 7.94. The van der Waals surface area contributed by atoms with Crippen LogP contribution in [0.25, 0.3) is 0 Å². The highest BCUT2D eigenvalue weighted by Crippen LogP contribution is 2.27. The van der Waals surface area contributed by atoms with Crippen molar-refractivity contribution in [2.24, 2.45) is 5.92 Å². The minimum atomic E-state index is -0.775. The zero-order valence-electron chi connectivity index (χ0n) is 12.7. The summed E-state index contributed by atoms with van der Waals surface area (Å²) in [5.41, 5.74) is 2.48. The van der Waals surface area contributed by atoms with E-state index >= 15 is 0 Å². The second-order valence-corrected chi connectivity index (χ2v) is 7.47. The molecule has 0 saturated heterocycles. The van der Waals surface area contributed by atoms with Crippen LogP contribution in [0.1, 0.15) is 43.2 Å². The molecular weight excluding hydrogens is 266 g/mol. The van der Waals surface area contributed by atoms with Crippen LogP contribution in [0.2, 0.25) is 0 Å². The van der Waals surface area contributed by atoms with Gasteiger partial charge >= 0.3 is 0 Å². The standard InChI is InChI=1S/C17H27NOS/c1-14-8-6-7-11-16(14)12-20(19)13-17(18-2)15-9-4-3-5-10-15/h6-8,11,15,17-18H,3-5,9-10,12-13H2,1-2H3. The lowest BCUT2D eigenvalue weighted by Gasteiger charge is -2.29. The highest BCUT2D eigenvalue weighted by molar-refractivity contribution is 7.84. The molecule has 3 heteroatoms. The number of aryl methyl sites for hydroxylation is 1. The molecule has 2 unspecified atom stereocenters. The number of hydrogen-bond donors (Lipinski definition) is 1. The summed E-state index contributed by atoms with van der Waals surface area (Å²) in [7, 11) is 1.24. The van der Waals surface area contributed by atoms with Gasteiger partial charge in [-0.2, -0.15) is 0 Å². The Morgan fingerprint density at radius 2 is 1.95 bits per heavy atom. The highest BCUT2D eigenvalue weighted by atomic mass is 32.2. The summed E-state index contributed by atoms with van der Waals surface area (Å²) in [6.07, 6.45) is 6.65. The Morgan fingerprint density at radius 3 is 2.60 bits per heavy atom. The monoisotopic (exact) mass is 293 g/mol. The first-order chi connectivity index (χ1) is 9.70. The van der Waals surface area contributed by atoms with Gasteiger partial charge in [0.05, 0.1) is 0 Å². The third-order valence-electron chi connectivity index (χ3n) is 4.53. The molecule has 1 aromatic rings. The molecule has 1 saturated carbocycles. The van der Waals surface area contributed by atoms with Gasteiger partial charge in [-0.05, 0) is 43.9 Å². The van der Waals surface area contributed by atoms with Crippen molar-refractivity contribution < 1.29 is 4.21 Å². The van der Waals surface area contributed by atoms with Crippen molar-refractivity contribution >= 4 is 10.8 Å². The molecule has 0 aromatic heterocycles. The molecule has 1 N–H and O–H groups in total. The van der Waals surface area contributed by atoms with Crippen LogP contribution in [-0.2, 0) is 16.6 Å². The second-order valence-electron chi connectivity index (χ2n) is 5.97. The van der Waals surface area contributed by atoms with Crippen LogP contribution in [0.15, 0.2) is 24.3 Å². The first kappa shape index (κ1) is 15.7. The van der Waals surface area contributed by atoms with Gasteiger partial charge in [0, 0.05) is 28.3 Å². The molecule has 0 aliphatic heterocycles. The van der Waals surface area contributed by atoms with E-state index in [4.69, 9.17) is 0 Å². The molecule has 0 bridgehead atoms. The van der Waals surface area contributed by atoms with E-state index in [0.717, 1.165) is 11.7 Å². The number of benzene rings is 1. The SMILES string of the molecule is CNC(CS(=O)Cc1ccccc1C)C1CCCCC1. The van der Waals surface area contributed by atoms with Crippen molar-refractivity contribution in [1.82, 2.24) is 5.32 Å². The van der Waals surface area contributed by atoms with Gasteiger partial charge in [0.25, 0.3) is 0 Å². The predicted octanol–water partition coefficient (Wildman–Crippen LogP) is 3.41.